The lowest BCUT2D eigenvalue weighted by atomic mass is 9.87. The number of ether oxygens (including phenoxy) is 2. The van der Waals surface area contributed by atoms with Crippen molar-refractivity contribution in [3.63, 3.8) is 0 Å². The standard InChI is InChI=1S/C30H30N2O4/c1-30(29(34)35-2)19-26(32(28(30)33)18-6-9-22-7-4-3-5-8-22)21-36-27-16-14-25(15-17-27)24-12-10-23(20-31)11-13-24/h3-5,7-8,10-17,26H,6,9,18-19,21H2,1-2H3/t26-,30-/m0/s1. The first kappa shape index (κ1) is 25.0. The number of likely N-dealkylation sites (tertiary alicyclic amines) is 1. The third-order valence-electron chi connectivity index (χ3n) is 6.80. The molecule has 184 valence electrons. The molecule has 1 aliphatic rings. The highest BCUT2D eigenvalue weighted by atomic mass is 16.5. The van der Waals surface area contributed by atoms with Crippen molar-refractivity contribution >= 4 is 11.9 Å². The molecule has 0 aromatic heterocycles. The second-order valence-electron chi connectivity index (χ2n) is 9.29. The Balaban J connectivity index is 1.42. The van der Waals surface area contributed by atoms with Crippen LogP contribution in [0.2, 0.25) is 0 Å². The van der Waals surface area contributed by atoms with Gasteiger partial charge >= 0.3 is 5.97 Å². The molecule has 0 saturated carbocycles. The molecule has 1 heterocycles. The van der Waals surface area contributed by atoms with E-state index in [2.05, 4.69) is 18.2 Å². The summed E-state index contributed by atoms with van der Waals surface area (Å²) in [6.45, 7) is 2.50. The van der Waals surface area contributed by atoms with Crippen molar-refractivity contribution in [2.24, 2.45) is 5.41 Å². The van der Waals surface area contributed by atoms with Crippen LogP contribution in [0.4, 0.5) is 0 Å². The lowest BCUT2D eigenvalue weighted by Crippen LogP contribution is -2.41. The van der Waals surface area contributed by atoms with Crippen molar-refractivity contribution < 1.29 is 19.1 Å². The summed E-state index contributed by atoms with van der Waals surface area (Å²) in [7, 11) is 1.32. The zero-order chi connectivity index (χ0) is 25.5. The van der Waals surface area contributed by atoms with Gasteiger partial charge in [-0.3, -0.25) is 9.59 Å². The van der Waals surface area contributed by atoms with Crippen LogP contribution in [0, 0.1) is 16.7 Å². The Kier molecular flexibility index (Phi) is 7.70. The molecule has 4 rings (SSSR count). The van der Waals surface area contributed by atoms with Crippen molar-refractivity contribution in [1.29, 1.82) is 5.26 Å². The van der Waals surface area contributed by atoms with Gasteiger partial charge < -0.3 is 14.4 Å². The van der Waals surface area contributed by atoms with Gasteiger partial charge in [0, 0.05) is 6.54 Å². The van der Waals surface area contributed by atoms with E-state index in [0.29, 0.717) is 30.9 Å². The van der Waals surface area contributed by atoms with Crippen LogP contribution in [0.1, 0.15) is 30.9 Å². The molecular formula is C30H30N2O4. The van der Waals surface area contributed by atoms with Crippen LogP contribution in [-0.2, 0) is 20.7 Å². The lowest BCUT2D eigenvalue weighted by Gasteiger charge is -2.25. The topological polar surface area (TPSA) is 79.6 Å². The first-order valence-corrected chi connectivity index (χ1v) is 12.1. The Labute approximate surface area is 212 Å². The second-order valence-corrected chi connectivity index (χ2v) is 9.29. The molecule has 1 aliphatic heterocycles. The van der Waals surface area contributed by atoms with Gasteiger partial charge in [0.1, 0.15) is 17.8 Å². The predicted octanol–water partition coefficient (Wildman–Crippen LogP) is 5.02. The number of rotatable bonds is 9. The molecular weight excluding hydrogens is 452 g/mol. The fourth-order valence-electron chi connectivity index (χ4n) is 4.75. The maximum Gasteiger partial charge on any atom is 0.321 e. The van der Waals surface area contributed by atoms with Gasteiger partial charge in [-0.15, -0.1) is 0 Å². The minimum absolute atomic E-state index is 0.202. The monoisotopic (exact) mass is 482 g/mol. The predicted molar refractivity (Wildman–Crippen MR) is 137 cm³/mol. The molecule has 6 nitrogen and oxygen atoms in total. The van der Waals surface area contributed by atoms with Crippen molar-refractivity contribution in [3.05, 3.63) is 90.0 Å². The summed E-state index contributed by atoms with van der Waals surface area (Å²) in [6, 6.07) is 27.2. The number of benzene rings is 3. The molecule has 0 bridgehead atoms. The van der Waals surface area contributed by atoms with Gasteiger partial charge in [-0.25, -0.2) is 0 Å². The first-order valence-electron chi connectivity index (χ1n) is 12.1. The van der Waals surface area contributed by atoms with E-state index in [9.17, 15) is 9.59 Å². The summed E-state index contributed by atoms with van der Waals surface area (Å²) in [6.07, 6.45) is 2.00. The Morgan fingerprint density at radius 2 is 1.67 bits per heavy atom. The SMILES string of the molecule is COC(=O)[C@@]1(C)C[C@@H](COc2ccc(-c3ccc(C#N)cc3)cc2)N(CCCc2ccccc2)C1=O. The van der Waals surface area contributed by atoms with Crippen LogP contribution < -0.4 is 4.74 Å². The van der Waals surface area contributed by atoms with E-state index < -0.39 is 11.4 Å². The van der Waals surface area contributed by atoms with Crippen molar-refractivity contribution in [3.8, 4) is 22.9 Å². The maximum atomic E-state index is 13.3. The van der Waals surface area contributed by atoms with Gasteiger partial charge in [-0.1, -0.05) is 54.6 Å². The zero-order valence-electron chi connectivity index (χ0n) is 20.6. The average molecular weight is 483 g/mol. The number of hydrogen-bond acceptors (Lipinski definition) is 5. The normalized spacial score (nSPS) is 19.1. The number of hydrogen-bond donors (Lipinski definition) is 0. The Hall–Kier alpha value is -4.11. The first-order chi connectivity index (χ1) is 17.4. The zero-order valence-corrected chi connectivity index (χ0v) is 20.6. The van der Waals surface area contributed by atoms with Crippen molar-refractivity contribution in [2.75, 3.05) is 20.3 Å². The highest BCUT2D eigenvalue weighted by molar-refractivity contribution is 6.04. The van der Waals surface area contributed by atoms with E-state index in [1.54, 1.807) is 24.0 Å². The number of nitriles is 1. The molecule has 3 aromatic carbocycles. The minimum Gasteiger partial charge on any atom is -0.491 e. The van der Waals surface area contributed by atoms with Crippen LogP contribution in [0.3, 0.4) is 0 Å². The fraction of sp³-hybridized carbons (Fsp3) is 0.300. The summed E-state index contributed by atoms with van der Waals surface area (Å²) in [5.41, 5.74) is 2.67. The number of esters is 1. The molecule has 6 heteroatoms. The van der Waals surface area contributed by atoms with Gasteiger partial charge in [-0.05, 0) is 67.1 Å². The smallest absolute Gasteiger partial charge is 0.321 e. The van der Waals surface area contributed by atoms with Crippen LogP contribution in [0.5, 0.6) is 5.75 Å². The van der Waals surface area contributed by atoms with Gasteiger partial charge in [0.2, 0.25) is 5.91 Å². The molecule has 36 heavy (non-hydrogen) atoms. The van der Waals surface area contributed by atoms with E-state index in [0.717, 1.165) is 24.0 Å². The molecule has 2 atom stereocenters. The maximum absolute atomic E-state index is 13.3. The summed E-state index contributed by atoms with van der Waals surface area (Å²) in [5.74, 6) is -0.0160. The number of nitrogens with zero attached hydrogens (tertiary/aromatic N) is 2. The summed E-state index contributed by atoms with van der Waals surface area (Å²) in [5, 5.41) is 8.98. The highest BCUT2D eigenvalue weighted by Gasteiger charge is 2.54. The lowest BCUT2D eigenvalue weighted by molar-refractivity contribution is -0.157. The Morgan fingerprint density at radius 3 is 2.28 bits per heavy atom. The molecule has 0 unspecified atom stereocenters. The van der Waals surface area contributed by atoms with E-state index in [1.165, 1.54) is 12.7 Å². The average Bonchev–Trinajstić information content (AvgIpc) is 3.18. The minimum atomic E-state index is -1.20. The number of carbonyl (C=O) groups excluding carboxylic acids is 2. The number of amides is 1. The summed E-state index contributed by atoms with van der Waals surface area (Å²) in [4.78, 5) is 27.6. The van der Waals surface area contributed by atoms with Crippen LogP contribution in [0.25, 0.3) is 11.1 Å². The third-order valence-corrected chi connectivity index (χ3v) is 6.80. The molecule has 1 fully saturated rings. The molecule has 1 amide bonds. The van der Waals surface area contributed by atoms with Gasteiger partial charge in [0.15, 0.2) is 0 Å². The Bertz CT molecular complexity index is 1230. The Morgan fingerprint density at radius 1 is 1.03 bits per heavy atom. The van der Waals surface area contributed by atoms with Crippen LogP contribution in [-0.4, -0.2) is 43.1 Å². The van der Waals surface area contributed by atoms with E-state index in [1.807, 2.05) is 54.6 Å². The van der Waals surface area contributed by atoms with E-state index in [4.69, 9.17) is 14.7 Å². The fourth-order valence-corrected chi connectivity index (χ4v) is 4.75. The number of methoxy groups -OCH3 is 1. The molecule has 3 aromatic rings. The third kappa shape index (κ3) is 5.41. The number of carbonyl (C=O) groups is 2. The van der Waals surface area contributed by atoms with Crippen LogP contribution >= 0.6 is 0 Å². The quantitative estimate of drug-likeness (QED) is 0.316. The van der Waals surface area contributed by atoms with E-state index >= 15 is 0 Å². The van der Waals surface area contributed by atoms with Crippen molar-refractivity contribution in [1.82, 2.24) is 4.90 Å². The van der Waals surface area contributed by atoms with Gasteiger partial charge in [0.05, 0.1) is 24.8 Å². The van der Waals surface area contributed by atoms with Crippen molar-refractivity contribution in [2.45, 2.75) is 32.2 Å². The highest BCUT2D eigenvalue weighted by Crippen LogP contribution is 2.37. The summed E-state index contributed by atoms with van der Waals surface area (Å²) >= 11 is 0. The molecule has 0 aliphatic carbocycles. The van der Waals surface area contributed by atoms with E-state index in [-0.39, 0.29) is 11.9 Å². The van der Waals surface area contributed by atoms with Gasteiger partial charge in [-0.2, -0.15) is 5.26 Å². The molecule has 0 spiro atoms. The summed E-state index contributed by atoms with van der Waals surface area (Å²) < 4.78 is 11.0. The van der Waals surface area contributed by atoms with Gasteiger partial charge in [0.25, 0.3) is 0 Å². The molecule has 0 N–H and O–H groups in total. The second kappa shape index (κ2) is 11.1. The van der Waals surface area contributed by atoms with Crippen LogP contribution in [0.15, 0.2) is 78.9 Å². The molecule has 1 saturated heterocycles. The largest absolute Gasteiger partial charge is 0.491 e. The molecule has 0 radical (unpaired) electrons. The number of aryl methyl sites for hydroxylation is 1.